The third kappa shape index (κ3) is 4.38. The van der Waals surface area contributed by atoms with Gasteiger partial charge in [-0.05, 0) is 25.6 Å². The zero-order valence-electron chi connectivity index (χ0n) is 14.6. The van der Waals surface area contributed by atoms with Crippen LogP contribution in [0.5, 0.6) is 5.75 Å². The molecule has 10 heteroatoms. The van der Waals surface area contributed by atoms with E-state index in [-0.39, 0.29) is 45.6 Å². The fourth-order valence-corrected chi connectivity index (χ4v) is 4.68. The standard InChI is InChI=1S/C15H22ClN3O4S.ClH/c1-17-11-5-6-19(9-11)24(21,22)13-8-10(16)7-12(14(13)23-4)15(20)18(2)3;/h7-8,11,17H,5-6,9H2,1-4H3;1H. The van der Waals surface area contributed by atoms with Crippen LogP contribution < -0.4 is 10.1 Å². The van der Waals surface area contributed by atoms with Crippen molar-refractivity contribution in [3.63, 3.8) is 0 Å². The van der Waals surface area contributed by atoms with Crippen LogP contribution >= 0.6 is 24.0 Å². The molecule has 0 saturated carbocycles. The summed E-state index contributed by atoms with van der Waals surface area (Å²) in [6.45, 7) is 0.770. The fourth-order valence-electron chi connectivity index (χ4n) is 2.69. The van der Waals surface area contributed by atoms with Crippen LogP contribution in [0.2, 0.25) is 5.02 Å². The number of hydrogen-bond acceptors (Lipinski definition) is 5. The summed E-state index contributed by atoms with van der Waals surface area (Å²) in [5.41, 5.74) is 0.123. The number of methoxy groups -OCH3 is 1. The Bertz CT molecular complexity index is 741. The molecule has 2 rings (SSSR count). The fraction of sp³-hybridized carbons (Fsp3) is 0.533. The highest BCUT2D eigenvalue weighted by molar-refractivity contribution is 7.89. The van der Waals surface area contributed by atoms with E-state index in [2.05, 4.69) is 5.32 Å². The molecule has 142 valence electrons. The van der Waals surface area contributed by atoms with Crippen LogP contribution in [0.1, 0.15) is 16.8 Å². The number of sulfonamides is 1. The van der Waals surface area contributed by atoms with Crippen LogP contribution in [0.15, 0.2) is 17.0 Å². The SMILES string of the molecule is CNC1CCN(S(=O)(=O)c2cc(Cl)cc(C(=O)N(C)C)c2OC)C1.Cl. The van der Waals surface area contributed by atoms with E-state index in [4.69, 9.17) is 16.3 Å². The lowest BCUT2D eigenvalue weighted by Gasteiger charge is -2.21. The third-order valence-corrected chi connectivity index (χ3v) is 6.13. The Hall–Kier alpha value is -1.06. The van der Waals surface area contributed by atoms with Crippen molar-refractivity contribution in [2.45, 2.75) is 17.4 Å². The van der Waals surface area contributed by atoms with Gasteiger partial charge in [0, 0.05) is 38.2 Å². The number of nitrogens with zero attached hydrogens (tertiary/aromatic N) is 2. The van der Waals surface area contributed by atoms with E-state index in [0.29, 0.717) is 13.1 Å². The Morgan fingerprint density at radius 3 is 2.52 bits per heavy atom. The lowest BCUT2D eigenvalue weighted by atomic mass is 10.2. The summed E-state index contributed by atoms with van der Waals surface area (Å²) in [5.74, 6) is -0.355. The number of hydrogen-bond donors (Lipinski definition) is 1. The minimum atomic E-state index is -3.82. The number of nitrogens with one attached hydrogen (secondary N) is 1. The maximum atomic E-state index is 13.0. The van der Waals surface area contributed by atoms with Crippen molar-refractivity contribution in [3.8, 4) is 5.75 Å². The molecule has 1 aliphatic heterocycles. The molecule has 1 aliphatic rings. The van der Waals surface area contributed by atoms with Crippen LogP contribution in [0, 0.1) is 0 Å². The van der Waals surface area contributed by atoms with Gasteiger partial charge in [-0.2, -0.15) is 4.31 Å². The molecule has 7 nitrogen and oxygen atoms in total. The van der Waals surface area contributed by atoms with Crippen molar-refractivity contribution in [1.82, 2.24) is 14.5 Å². The van der Waals surface area contributed by atoms with Crippen molar-refractivity contribution >= 4 is 39.9 Å². The van der Waals surface area contributed by atoms with E-state index in [1.54, 1.807) is 21.1 Å². The summed E-state index contributed by atoms with van der Waals surface area (Å²) in [4.78, 5) is 13.6. The summed E-state index contributed by atoms with van der Waals surface area (Å²) in [6, 6.07) is 2.85. The predicted octanol–water partition coefficient (Wildman–Crippen LogP) is 1.45. The predicted molar refractivity (Wildman–Crippen MR) is 99.5 cm³/mol. The van der Waals surface area contributed by atoms with Crippen molar-refractivity contribution in [2.75, 3.05) is 41.3 Å². The second-order valence-corrected chi connectivity index (χ2v) is 8.16. The van der Waals surface area contributed by atoms with Gasteiger partial charge in [0.25, 0.3) is 5.91 Å². The van der Waals surface area contributed by atoms with E-state index in [1.807, 2.05) is 0 Å². The molecule has 1 amide bonds. The second kappa shape index (κ2) is 8.55. The third-order valence-electron chi connectivity index (χ3n) is 4.04. The van der Waals surface area contributed by atoms with Gasteiger partial charge < -0.3 is 15.0 Å². The van der Waals surface area contributed by atoms with E-state index in [9.17, 15) is 13.2 Å². The molecule has 1 N–H and O–H groups in total. The molecule has 0 bridgehead atoms. The first-order valence-corrected chi connectivity index (χ1v) is 9.30. The Morgan fingerprint density at radius 1 is 1.40 bits per heavy atom. The lowest BCUT2D eigenvalue weighted by Crippen LogP contribution is -2.34. The minimum absolute atomic E-state index is 0. The minimum Gasteiger partial charge on any atom is -0.494 e. The molecule has 1 heterocycles. The zero-order chi connectivity index (χ0) is 18.1. The lowest BCUT2D eigenvalue weighted by molar-refractivity contribution is 0.0823. The number of carbonyl (C=O) groups excluding carboxylic acids is 1. The zero-order valence-corrected chi connectivity index (χ0v) is 17.0. The largest absolute Gasteiger partial charge is 0.494 e. The van der Waals surface area contributed by atoms with Gasteiger partial charge in [0.05, 0.1) is 12.7 Å². The van der Waals surface area contributed by atoms with Gasteiger partial charge in [-0.3, -0.25) is 4.79 Å². The average molecular weight is 412 g/mol. The van der Waals surface area contributed by atoms with Gasteiger partial charge >= 0.3 is 0 Å². The molecule has 1 fully saturated rings. The van der Waals surface area contributed by atoms with Crippen molar-refractivity contribution in [2.24, 2.45) is 0 Å². The number of likely N-dealkylation sites (N-methyl/N-ethyl adjacent to an activating group) is 1. The maximum Gasteiger partial charge on any atom is 0.257 e. The van der Waals surface area contributed by atoms with E-state index >= 15 is 0 Å². The van der Waals surface area contributed by atoms with E-state index < -0.39 is 10.0 Å². The van der Waals surface area contributed by atoms with Crippen LogP contribution in [0.3, 0.4) is 0 Å². The molecule has 0 radical (unpaired) electrons. The second-order valence-electron chi connectivity index (χ2n) is 5.82. The summed E-state index contributed by atoms with van der Waals surface area (Å²) >= 11 is 6.07. The molecule has 1 saturated heterocycles. The van der Waals surface area contributed by atoms with E-state index in [0.717, 1.165) is 6.42 Å². The smallest absolute Gasteiger partial charge is 0.257 e. The topological polar surface area (TPSA) is 79.0 Å². The summed E-state index contributed by atoms with van der Waals surface area (Å²) < 4.78 is 32.7. The molecule has 25 heavy (non-hydrogen) atoms. The van der Waals surface area contributed by atoms with Crippen molar-refractivity contribution in [1.29, 1.82) is 0 Å². The molecule has 0 aromatic heterocycles. The first kappa shape index (κ1) is 22.0. The summed E-state index contributed by atoms with van der Waals surface area (Å²) in [5, 5.41) is 3.25. The van der Waals surface area contributed by atoms with Gasteiger partial charge in [0.1, 0.15) is 4.90 Å². The highest BCUT2D eigenvalue weighted by Gasteiger charge is 2.35. The number of halogens is 2. The normalized spacial score (nSPS) is 17.9. The highest BCUT2D eigenvalue weighted by Crippen LogP contribution is 2.35. The first-order valence-electron chi connectivity index (χ1n) is 7.49. The van der Waals surface area contributed by atoms with Crippen LogP contribution in [0.4, 0.5) is 0 Å². The molecule has 0 aliphatic carbocycles. The number of rotatable bonds is 5. The highest BCUT2D eigenvalue weighted by atomic mass is 35.5. The Balaban J connectivity index is 0.00000312. The Kier molecular flexibility index (Phi) is 7.52. The van der Waals surface area contributed by atoms with Gasteiger partial charge in [0.2, 0.25) is 10.0 Å². The van der Waals surface area contributed by atoms with Gasteiger partial charge in [-0.1, -0.05) is 11.6 Å². The molecular weight excluding hydrogens is 389 g/mol. The van der Waals surface area contributed by atoms with Gasteiger partial charge in [-0.25, -0.2) is 8.42 Å². The van der Waals surface area contributed by atoms with Crippen molar-refractivity contribution < 1.29 is 17.9 Å². The molecular formula is C15H23Cl2N3O4S. The van der Waals surface area contributed by atoms with Gasteiger partial charge in [0.15, 0.2) is 5.75 Å². The quantitative estimate of drug-likeness (QED) is 0.792. The van der Waals surface area contributed by atoms with Crippen LogP contribution in [-0.2, 0) is 10.0 Å². The molecule has 1 aromatic carbocycles. The Morgan fingerprint density at radius 2 is 2.04 bits per heavy atom. The molecule has 1 unspecified atom stereocenters. The van der Waals surface area contributed by atoms with Gasteiger partial charge in [-0.15, -0.1) is 12.4 Å². The maximum absolute atomic E-state index is 13.0. The number of ether oxygens (including phenoxy) is 1. The molecule has 1 atom stereocenters. The number of benzene rings is 1. The van der Waals surface area contributed by atoms with E-state index in [1.165, 1.54) is 28.4 Å². The van der Waals surface area contributed by atoms with Crippen LogP contribution in [-0.4, -0.2) is 70.9 Å². The monoisotopic (exact) mass is 411 g/mol. The Labute approximate surface area is 159 Å². The van der Waals surface area contributed by atoms with Crippen LogP contribution in [0.25, 0.3) is 0 Å². The summed E-state index contributed by atoms with van der Waals surface area (Å²) in [7, 11) is 2.48. The number of carbonyl (C=O) groups is 1. The van der Waals surface area contributed by atoms with Crippen molar-refractivity contribution in [3.05, 3.63) is 22.7 Å². The number of amides is 1. The summed E-state index contributed by atoms with van der Waals surface area (Å²) in [6.07, 6.45) is 0.724. The first-order chi connectivity index (χ1) is 11.2. The molecule has 0 spiro atoms. The average Bonchev–Trinajstić information content (AvgIpc) is 3.03. The molecule has 1 aromatic rings.